The number of esters is 1. The van der Waals surface area contributed by atoms with Crippen LogP contribution in [0.25, 0.3) is 0 Å². The van der Waals surface area contributed by atoms with Crippen LogP contribution in [0.4, 0.5) is 4.39 Å². The number of hydrogen-bond acceptors (Lipinski definition) is 5. The smallest absolute Gasteiger partial charge is 0.346 e. The highest BCUT2D eigenvalue weighted by atomic mass is 35.5. The zero-order valence-electron chi connectivity index (χ0n) is 18.9. The second-order valence-electron chi connectivity index (χ2n) is 7.58. The first-order chi connectivity index (χ1) is 17.5. The molecular formula is C28H20ClFN2O4. The van der Waals surface area contributed by atoms with Crippen molar-refractivity contribution in [1.82, 2.24) is 5.43 Å². The van der Waals surface area contributed by atoms with Gasteiger partial charge in [0.2, 0.25) is 0 Å². The van der Waals surface area contributed by atoms with Gasteiger partial charge in [-0.15, -0.1) is 0 Å². The first-order valence-electron chi connectivity index (χ1n) is 10.9. The van der Waals surface area contributed by atoms with Crippen LogP contribution in [-0.2, 0) is 6.61 Å². The van der Waals surface area contributed by atoms with Crippen molar-refractivity contribution in [2.45, 2.75) is 6.61 Å². The minimum atomic E-state index is -0.809. The van der Waals surface area contributed by atoms with Crippen molar-refractivity contribution in [3.63, 3.8) is 0 Å². The Hall–Kier alpha value is -4.49. The van der Waals surface area contributed by atoms with Gasteiger partial charge in [0.15, 0.2) is 0 Å². The fourth-order valence-electron chi connectivity index (χ4n) is 3.13. The minimum Gasteiger partial charge on any atom is -0.489 e. The van der Waals surface area contributed by atoms with Crippen molar-refractivity contribution >= 4 is 29.7 Å². The summed E-state index contributed by atoms with van der Waals surface area (Å²) < 4.78 is 24.7. The number of amides is 1. The fraction of sp³-hybridized carbons (Fsp3) is 0.0357. The van der Waals surface area contributed by atoms with Gasteiger partial charge in [0.05, 0.1) is 11.8 Å². The quantitative estimate of drug-likeness (QED) is 0.138. The zero-order valence-corrected chi connectivity index (χ0v) is 19.6. The van der Waals surface area contributed by atoms with Gasteiger partial charge in [-0.3, -0.25) is 4.79 Å². The number of carbonyl (C=O) groups excluding carboxylic acids is 2. The van der Waals surface area contributed by atoms with Crippen LogP contribution in [-0.4, -0.2) is 18.1 Å². The molecule has 0 saturated heterocycles. The van der Waals surface area contributed by atoms with E-state index in [2.05, 4.69) is 10.5 Å². The monoisotopic (exact) mass is 502 g/mol. The Bertz CT molecular complexity index is 1390. The predicted molar refractivity (Wildman–Crippen MR) is 135 cm³/mol. The number of nitrogens with one attached hydrogen (secondary N) is 1. The summed E-state index contributed by atoms with van der Waals surface area (Å²) in [6.07, 6.45) is 1.40. The van der Waals surface area contributed by atoms with Crippen molar-refractivity contribution in [1.29, 1.82) is 0 Å². The molecular weight excluding hydrogens is 483 g/mol. The number of halogens is 2. The zero-order chi connectivity index (χ0) is 25.3. The largest absolute Gasteiger partial charge is 0.489 e. The van der Waals surface area contributed by atoms with Crippen molar-refractivity contribution in [2.24, 2.45) is 5.10 Å². The second kappa shape index (κ2) is 11.8. The fourth-order valence-corrected chi connectivity index (χ4v) is 3.25. The van der Waals surface area contributed by atoms with Crippen LogP contribution in [0.1, 0.15) is 31.8 Å². The number of carbonyl (C=O) groups is 2. The van der Waals surface area contributed by atoms with E-state index in [1.807, 2.05) is 12.1 Å². The summed E-state index contributed by atoms with van der Waals surface area (Å²) >= 11 is 5.88. The maximum atomic E-state index is 13.8. The van der Waals surface area contributed by atoms with Gasteiger partial charge in [-0.1, -0.05) is 48.0 Å². The molecule has 0 unspecified atom stereocenters. The molecule has 180 valence electrons. The van der Waals surface area contributed by atoms with E-state index >= 15 is 0 Å². The lowest BCUT2D eigenvalue weighted by Crippen LogP contribution is -2.17. The molecule has 0 aliphatic rings. The summed E-state index contributed by atoms with van der Waals surface area (Å²) in [7, 11) is 0. The average Bonchev–Trinajstić information content (AvgIpc) is 2.89. The van der Waals surface area contributed by atoms with Crippen LogP contribution in [0.15, 0.2) is 102 Å². The first kappa shape index (κ1) is 24.6. The molecule has 0 aliphatic carbocycles. The summed E-state index contributed by atoms with van der Waals surface area (Å²) in [4.78, 5) is 24.6. The van der Waals surface area contributed by atoms with E-state index in [4.69, 9.17) is 21.1 Å². The molecule has 0 heterocycles. The van der Waals surface area contributed by atoms with Crippen molar-refractivity contribution < 1.29 is 23.5 Å². The normalized spacial score (nSPS) is 10.7. The average molecular weight is 503 g/mol. The summed E-state index contributed by atoms with van der Waals surface area (Å²) in [5.41, 5.74) is 4.23. The van der Waals surface area contributed by atoms with E-state index in [-0.39, 0.29) is 11.3 Å². The van der Waals surface area contributed by atoms with Gasteiger partial charge in [0, 0.05) is 10.6 Å². The highest BCUT2D eigenvalue weighted by Crippen LogP contribution is 2.17. The van der Waals surface area contributed by atoms with Crippen LogP contribution in [0.3, 0.4) is 0 Å². The van der Waals surface area contributed by atoms with Crippen LogP contribution >= 0.6 is 11.6 Å². The Labute approximate surface area is 211 Å². The lowest BCUT2D eigenvalue weighted by atomic mass is 10.2. The van der Waals surface area contributed by atoms with Gasteiger partial charge >= 0.3 is 5.97 Å². The Morgan fingerprint density at radius 2 is 1.64 bits per heavy atom. The molecule has 0 radical (unpaired) electrons. The number of rotatable bonds is 8. The molecule has 4 aromatic rings. The highest BCUT2D eigenvalue weighted by Gasteiger charge is 2.13. The number of hydrazone groups is 1. The lowest BCUT2D eigenvalue weighted by Gasteiger charge is -2.07. The van der Waals surface area contributed by atoms with Crippen LogP contribution < -0.4 is 14.9 Å². The van der Waals surface area contributed by atoms with E-state index in [1.165, 1.54) is 24.4 Å². The van der Waals surface area contributed by atoms with Crippen molar-refractivity contribution in [3.05, 3.63) is 130 Å². The minimum absolute atomic E-state index is 0.162. The SMILES string of the molecule is O=C(N/N=C\c1cccc(OC(=O)c2ccccc2F)c1)c1ccc(OCc2ccc(Cl)cc2)cc1. The third-order valence-electron chi connectivity index (χ3n) is 4.98. The van der Waals surface area contributed by atoms with Crippen LogP contribution in [0, 0.1) is 5.82 Å². The standard InChI is InChI=1S/C28H20ClFN2O4/c29-22-12-8-19(9-13-22)18-35-23-14-10-21(11-15-23)27(33)32-31-17-20-4-3-5-24(16-20)36-28(34)25-6-1-2-7-26(25)30/h1-17H,18H2,(H,32,33)/b31-17-. The lowest BCUT2D eigenvalue weighted by molar-refractivity contribution is 0.0729. The van der Waals surface area contributed by atoms with E-state index in [9.17, 15) is 14.0 Å². The molecule has 6 nitrogen and oxygen atoms in total. The van der Waals surface area contributed by atoms with Crippen LogP contribution in [0.2, 0.25) is 5.02 Å². The molecule has 0 aliphatic heterocycles. The molecule has 0 atom stereocenters. The maximum absolute atomic E-state index is 13.8. The number of nitrogens with zero attached hydrogens (tertiary/aromatic N) is 1. The summed E-state index contributed by atoms with van der Waals surface area (Å²) in [6, 6.07) is 26.0. The highest BCUT2D eigenvalue weighted by molar-refractivity contribution is 6.30. The number of hydrogen-bond donors (Lipinski definition) is 1. The third kappa shape index (κ3) is 6.77. The van der Waals surface area contributed by atoms with Gasteiger partial charge in [0.25, 0.3) is 5.91 Å². The van der Waals surface area contributed by atoms with Gasteiger partial charge in [-0.25, -0.2) is 14.6 Å². The molecule has 0 saturated carbocycles. The third-order valence-corrected chi connectivity index (χ3v) is 5.23. The molecule has 1 N–H and O–H groups in total. The summed E-state index contributed by atoms with van der Waals surface area (Å²) in [5, 5.41) is 4.61. The molecule has 0 bridgehead atoms. The van der Waals surface area contributed by atoms with Gasteiger partial charge in [-0.2, -0.15) is 5.10 Å². The Morgan fingerprint density at radius 1 is 0.889 bits per heavy atom. The maximum Gasteiger partial charge on any atom is 0.346 e. The molecule has 8 heteroatoms. The molecule has 1 amide bonds. The Balaban J connectivity index is 1.30. The molecule has 36 heavy (non-hydrogen) atoms. The van der Waals surface area contributed by atoms with Gasteiger partial charge < -0.3 is 9.47 Å². The van der Waals surface area contributed by atoms with E-state index < -0.39 is 17.7 Å². The Morgan fingerprint density at radius 3 is 2.39 bits per heavy atom. The Kier molecular flexibility index (Phi) is 8.05. The topological polar surface area (TPSA) is 77.0 Å². The predicted octanol–water partition coefficient (Wildman–Crippen LogP) is 6.04. The van der Waals surface area contributed by atoms with Crippen molar-refractivity contribution in [2.75, 3.05) is 0 Å². The van der Waals surface area contributed by atoms with E-state index in [0.717, 1.165) is 5.56 Å². The molecule has 0 spiro atoms. The van der Waals surface area contributed by atoms with Crippen LogP contribution in [0.5, 0.6) is 11.5 Å². The molecule has 4 aromatic carbocycles. The molecule has 4 rings (SSSR count). The number of benzene rings is 4. The summed E-state index contributed by atoms with van der Waals surface area (Å²) in [6.45, 7) is 0.377. The molecule has 0 fully saturated rings. The summed E-state index contributed by atoms with van der Waals surface area (Å²) in [5.74, 6) is -1.04. The van der Waals surface area contributed by atoms with Gasteiger partial charge in [0.1, 0.15) is 23.9 Å². The number of ether oxygens (including phenoxy) is 2. The first-order valence-corrected chi connectivity index (χ1v) is 11.2. The van der Waals surface area contributed by atoms with Gasteiger partial charge in [-0.05, 0) is 71.8 Å². The second-order valence-corrected chi connectivity index (χ2v) is 8.02. The van der Waals surface area contributed by atoms with E-state index in [0.29, 0.717) is 28.5 Å². The van der Waals surface area contributed by atoms with Crippen molar-refractivity contribution in [3.8, 4) is 11.5 Å². The molecule has 0 aromatic heterocycles. The van der Waals surface area contributed by atoms with E-state index in [1.54, 1.807) is 66.7 Å².